The van der Waals surface area contributed by atoms with Gasteiger partial charge in [-0.05, 0) is 74.5 Å². The zero-order chi connectivity index (χ0) is 37.2. The third-order valence-electron chi connectivity index (χ3n) is 9.36. The molecule has 3 amide bonds. The first-order chi connectivity index (χ1) is 24.3. The number of oxime groups is 2. The largest absolute Gasteiger partial charge is 0.409 e. The molecule has 0 aromatic heterocycles. The van der Waals surface area contributed by atoms with Crippen LogP contribution in [-0.2, 0) is 14.4 Å². The maximum atomic E-state index is 13.5. The molecule has 12 nitrogen and oxygen atoms in total. The van der Waals surface area contributed by atoms with Gasteiger partial charge in [-0.15, -0.1) is 0 Å². The highest BCUT2D eigenvalue weighted by Gasteiger charge is 2.36. The number of halogens is 4. The number of piperidine rings is 2. The van der Waals surface area contributed by atoms with Crippen molar-refractivity contribution in [2.75, 3.05) is 60.5 Å². The maximum Gasteiger partial charge on any atom is 0.254 e. The molecule has 278 valence electrons. The van der Waals surface area contributed by atoms with Crippen molar-refractivity contribution in [2.45, 2.75) is 50.5 Å². The number of amidine groups is 1. The number of rotatable bonds is 14. The van der Waals surface area contributed by atoms with Gasteiger partial charge in [0.2, 0.25) is 11.8 Å². The molecular formula is C35H45Cl4N7O5. The summed E-state index contributed by atoms with van der Waals surface area (Å²) in [6.45, 7) is 2.73. The summed E-state index contributed by atoms with van der Waals surface area (Å²) >= 11 is 25.1. The summed E-state index contributed by atoms with van der Waals surface area (Å²) in [4.78, 5) is 52.1. The van der Waals surface area contributed by atoms with Gasteiger partial charge >= 0.3 is 0 Å². The normalized spacial score (nSPS) is 18.5. The molecule has 0 radical (unpaired) electrons. The van der Waals surface area contributed by atoms with E-state index in [-0.39, 0.29) is 61.0 Å². The van der Waals surface area contributed by atoms with Crippen LogP contribution in [-0.4, -0.2) is 121 Å². The van der Waals surface area contributed by atoms with Crippen LogP contribution in [0.2, 0.25) is 20.1 Å². The first-order valence-electron chi connectivity index (χ1n) is 16.8. The Morgan fingerprint density at radius 1 is 1.00 bits per heavy atom. The molecule has 2 aromatic rings. The van der Waals surface area contributed by atoms with Crippen LogP contribution in [0.25, 0.3) is 0 Å². The van der Waals surface area contributed by atoms with Gasteiger partial charge in [0, 0.05) is 80.7 Å². The molecule has 2 fully saturated rings. The first kappa shape index (κ1) is 40.5. The van der Waals surface area contributed by atoms with Crippen molar-refractivity contribution < 1.29 is 24.4 Å². The molecule has 2 unspecified atom stereocenters. The van der Waals surface area contributed by atoms with E-state index in [1.54, 1.807) is 56.4 Å². The molecule has 16 heteroatoms. The van der Waals surface area contributed by atoms with Crippen LogP contribution in [0.4, 0.5) is 0 Å². The molecule has 51 heavy (non-hydrogen) atoms. The summed E-state index contributed by atoms with van der Waals surface area (Å²) in [6, 6.07) is 10.1. The third-order valence-corrected chi connectivity index (χ3v) is 10.5. The molecule has 3 N–H and O–H groups in total. The molecule has 0 spiro atoms. The Bertz CT molecular complexity index is 1600. The Morgan fingerprint density at radius 3 is 2.31 bits per heavy atom. The van der Waals surface area contributed by atoms with Crippen molar-refractivity contribution in [3.05, 3.63) is 67.6 Å². The molecule has 0 saturated carbocycles. The highest BCUT2D eigenvalue weighted by molar-refractivity contribution is 6.42. The monoisotopic (exact) mass is 783 g/mol. The van der Waals surface area contributed by atoms with E-state index in [9.17, 15) is 14.4 Å². The summed E-state index contributed by atoms with van der Waals surface area (Å²) in [6.07, 6.45) is 4.10. The lowest BCUT2D eigenvalue weighted by atomic mass is 9.89. The minimum atomic E-state index is -0.373. The van der Waals surface area contributed by atoms with Gasteiger partial charge in [-0.25, -0.2) is 0 Å². The van der Waals surface area contributed by atoms with Gasteiger partial charge in [0.25, 0.3) is 5.91 Å². The lowest BCUT2D eigenvalue weighted by Gasteiger charge is -2.42. The molecule has 2 aromatic carbocycles. The van der Waals surface area contributed by atoms with Crippen molar-refractivity contribution in [1.82, 2.24) is 19.6 Å². The van der Waals surface area contributed by atoms with E-state index in [0.29, 0.717) is 50.9 Å². The van der Waals surface area contributed by atoms with Crippen molar-refractivity contribution in [3.63, 3.8) is 0 Å². The van der Waals surface area contributed by atoms with Crippen molar-refractivity contribution in [2.24, 2.45) is 22.0 Å². The SMILES string of the molecule is CN(C)C(=O)CC1CCCN(C2CCN(CCC(C(CN(C)C(=O)c3cc(Cl)cc(Cl)c3)=NOCC(N)=NO)c3ccc(Cl)c(Cl)c3)CC2)C1=O. The van der Waals surface area contributed by atoms with Crippen LogP contribution < -0.4 is 5.73 Å². The predicted molar refractivity (Wildman–Crippen MR) is 201 cm³/mol. The van der Waals surface area contributed by atoms with E-state index < -0.39 is 0 Å². The molecule has 2 heterocycles. The topological polar surface area (TPSA) is 144 Å². The van der Waals surface area contributed by atoms with Gasteiger partial charge in [0.1, 0.15) is 0 Å². The van der Waals surface area contributed by atoms with Crippen molar-refractivity contribution in [3.8, 4) is 0 Å². The van der Waals surface area contributed by atoms with E-state index in [4.69, 9.17) is 62.2 Å². The molecule has 2 aliphatic heterocycles. The lowest BCUT2D eigenvalue weighted by molar-refractivity contribution is -0.146. The fourth-order valence-electron chi connectivity index (χ4n) is 6.57. The van der Waals surface area contributed by atoms with Gasteiger partial charge in [-0.1, -0.05) is 62.8 Å². The Balaban J connectivity index is 1.51. The lowest BCUT2D eigenvalue weighted by Crippen LogP contribution is -2.52. The first-order valence-corrected chi connectivity index (χ1v) is 18.3. The molecular weight excluding hydrogens is 740 g/mol. The predicted octanol–water partition coefficient (Wildman–Crippen LogP) is 5.85. The molecule has 2 aliphatic rings. The minimum absolute atomic E-state index is 0.0238. The Morgan fingerprint density at radius 2 is 1.69 bits per heavy atom. The van der Waals surface area contributed by atoms with E-state index in [0.717, 1.165) is 44.3 Å². The van der Waals surface area contributed by atoms with E-state index in [2.05, 4.69) is 15.2 Å². The summed E-state index contributed by atoms with van der Waals surface area (Å²) in [5.74, 6) is -1.09. The number of carbonyl (C=O) groups excluding carboxylic acids is 3. The number of benzene rings is 2. The Kier molecular flexibility index (Phi) is 15.1. The van der Waals surface area contributed by atoms with Gasteiger partial charge in [0.15, 0.2) is 12.4 Å². The zero-order valence-corrected chi connectivity index (χ0v) is 32.1. The summed E-state index contributed by atoms with van der Waals surface area (Å²) in [5, 5.41) is 17.8. The highest BCUT2D eigenvalue weighted by Crippen LogP contribution is 2.32. The fourth-order valence-corrected chi connectivity index (χ4v) is 7.40. The molecule has 0 aliphatic carbocycles. The van der Waals surface area contributed by atoms with Gasteiger partial charge in [-0.2, -0.15) is 0 Å². The van der Waals surface area contributed by atoms with E-state index in [1.807, 2.05) is 11.0 Å². The number of nitrogens with two attached hydrogens (primary N) is 1. The average Bonchev–Trinajstić information content (AvgIpc) is 3.09. The number of hydrogen-bond acceptors (Lipinski definition) is 8. The third kappa shape index (κ3) is 11.3. The second kappa shape index (κ2) is 19.0. The second-order valence-corrected chi connectivity index (χ2v) is 14.9. The molecule has 4 rings (SSSR count). The van der Waals surface area contributed by atoms with Gasteiger partial charge < -0.3 is 35.4 Å². The minimum Gasteiger partial charge on any atom is -0.409 e. The van der Waals surface area contributed by atoms with Crippen LogP contribution in [0.5, 0.6) is 0 Å². The second-order valence-electron chi connectivity index (χ2n) is 13.2. The van der Waals surface area contributed by atoms with Crippen LogP contribution in [0, 0.1) is 5.92 Å². The fraction of sp³-hybridized carbons (Fsp3) is 0.514. The number of amides is 3. The summed E-state index contributed by atoms with van der Waals surface area (Å²) in [5.41, 5.74) is 7.26. The van der Waals surface area contributed by atoms with Crippen molar-refractivity contribution in [1.29, 1.82) is 0 Å². The van der Waals surface area contributed by atoms with Crippen molar-refractivity contribution >= 4 is 75.7 Å². The van der Waals surface area contributed by atoms with E-state index in [1.165, 1.54) is 4.90 Å². The van der Waals surface area contributed by atoms with Crippen LogP contribution in [0.15, 0.2) is 46.7 Å². The number of carbonyl (C=O) groups is 3. The smallest absolute Gasteiger partial charge is 0.254 e. The molecule has 0 bridgehead atoms. The number of hydrogen-bond donors (Lipinski definition) is 2. The Hall–Kier alpha value is -3.29. The number of likely N-dealkylation sites (tertiary alicyclic amines) is 2. The standard InChI is InChI=1S/C35H45Cl4N7O5/c1-43(2)33(47)18-23-5-4-11-46(35(23)49)27-8-12-45(13-9-27)14-10-28(22-6-7-29(38)30(39)17-22)31(42-51-21-32(40)41-50)20-44(3)34(48)24-15-25(36)19-26(37)16-24/h6-7,15-17,19,23,27-28,50H,4-5,8-14,18,20-21H2,1-3H3,(H2,40,41). The average molecular weight is 786 g/mol. The maximum absolute atomic E-state index is 13.5. The summed E-state index contributed by atoms with van der Waals surface area (Å²) < 4.78 is 0. The van der Waals surface area contributed by atoms with Crippen LogP contribution in [0.3, 0.4) is 0 Å². The quantitative estimate of drug-likeness (QED) is 0.106. The molecule has 2 saturated heterocycles. The van der Waals surface area contributed by atoms with Crippen LogP contribution >= 0.6 is 46.4 Å². The van der Waals surface area contributed by atoms with E-state index >= 15 is 0 Å². The van der Waals surface area contributed by atoms with Gasteiger partial charge in [0.05, 0.1) is 22.3 Å². The summed E-state index contributed by atoms with van der Waals surface area (Å²) in [7, 11) is 5.07. The zero-order valence-electron chi connectivity index (χ0n) is 29.0. The highest BCUT2D eigenvalue weighted by atomic mass is 35.5. The Labute approximate surface area is 319 Å². The number of nitrogens with zero attached hydrogens (tertiary/aromatic N) is 6. The molecule has 2 atom stereocenters. The van der Waals surface area contributed by atoms with Crippen LogP contribution in [0.1, 0.15) is 60.4 Å². The van der Waals surface area contributed by atoms with Gasteiger partial charge in [-0.3, -0.25) is 14.4 Å².